The van der Waals surface area contributed by atoms with E-state index in [1.54, 1.807) is 0 Å². The number of hydrogen-bond acceptors (Lipinski definition) is 2. The minimum absolute atomic E-state index is 0.0747. The van der Waals surface area contributed by atoms with Crippen LogP contribution in [0.5, 0.6) is 0 Å². The topological polar surface area (TPSA) is 41.1 Å². The predicted octanol–water partition coefficient (Wildman–Crippen LogP) is 3.10. The standard InChI is InChI=1S/C18H32N2O/c1-17(2)8-13(9-18(3,4)11-17)20-16(21)15-14-7-5-6-12(14)10-19-15/h12-15,19H,5-11H2,1-4H3,(H,20,21). The van der Waals surface area contributed by atoms with Crippen molar-refractivity contribution in [2.45, 2.75) is 78.3 Å². The monoisotopic (exact) mass is 292 g/mol. The van der Waals surface area contributed by atoms with Crippen LogP contribution >= 0.6 is 0 Å². The summed E-state index contributed by atoms with van der Waals surface area (Å²) in [6, 6.07) is 0.421. The summed E-state index contributed by atoms with van der Waals surface area (Å²) in [5.41, 5.74) is 0.664. The fourth-order valence-electron chi connectivity index (χ4n) is 5.71. The number of rotatable bonds is 2. The van der Waals surface area contributed by atoms with Gasteiger partial charge < -0.3 is 10.6 Å². The lowest BCUT2D eigenvalue weighted by Gasteiger charge is -2.45. The average Bonchev–Trinajstić information content (AvgIpc) is 2.84. The SMILES string of the molecule is CC1(C)CC(NC(=O)C2NCC3CCCC32)CC(C)(C)C1. The lowest BCUT2D eigenvalue weighted by Crippen LogP contribution is -2.51. The van der Waals surface area contributed by atoms with Crippen molar-refractivity contribution in [2.75, 3.05) is 6.54 Å². The van der Waals surface area contributed by atoms with Crippen molar-refractivity contribution in [1.29, 1.82) is 0 Å². The zero-order chi connectivity index (χ0) is 15.3. The van der Waals surface area contributed by atoms with Crippen molar-refractivity contribution in [3.63, 3.8) is 0 Å². The minimum Gasteiger partial charge on any atom is -0.352 e. The maximum atomic E-state index is 12.7. The summed E-state index contributed by atoms with van der Waals surface area (Å²) in [4.78, 5) is 12.7. The second-order valence-electron chi connectivity index (χ2n) is 9.36. The molecule has 3 atom stereocenters. The molecule has 3 rings (SSSR count). The molecule has 0 aromatic heterocycles. The van der Waals surface area contributed by atoms with Gasteiger partial charge in [0.1, 0.15) is 0 Å². The van der Waals surface area contributed by atoms with Crippen LogP contribution in [0.15, 0.2) is 0 Å². The zero-order valence-electron chi connectivity index (χ0n) is 14.2. The van der Waals surface area contributed by atoms with Gasteiger partial charge in [-0.05, 0) is 61.3 Å². The molecular weight excluding hydrogens is 260 g/mol. The van der Waals surface area contributed by atoms with E-state index in [2.05, 4.69) is 38.3 Å². The van der Waals surface area contributed by atoms with E-state index in [1.807, 2.05) is 0 Å². The Hall–Kier alpha value is -0.570. The third-order valence-electron chi connectivity index (χ3n) is 5.93. The molecule has 0 aromatic rings. The third kappa shape index (κ3) is 3.28. The van der Waals surface area contributed by atoms with Crippen LogP contribution in [0.1, 0.15) is 66.2 Å². The van der Waals surface area contributed by atoms with Crippen molar-refractivity contribution in [3.05, 3.63) is 0 Å². The predicted molar refractivity (Wildman–Crippen MR) is 86.0 cm³/mol. The van der Waals surface area contributed by atoms with E-state index in [1.165, 1.54) is 25.7 Å². The maximum absolute atomic E-state index is 12.7. The number of carbonyl (C=O) groups excluding carboxylic acids is 1. The fraction of sp³-hybridized carbons (Fsp3) is 0.944. The normalized spacial score (nSPS) is 38.2. The first kappa shape index (κ1) is 15.3. The van der Waals surface area contributed by atoms with Crippen LogP contribution in [0.25, 0.3) is 0 Å². The van der Waals surface area contributed by atoms with Gasteiger partial charge in [0.25, 0.3) is 0 Å². The van der Waals surface area contributed by atoms with Gasteiger partial charge in [-0.1, -0.05) is 34.1 Å². The Morgan fingerprint density at radius 3 is 2.43 bits per heavy atom. The van der Waals surface area contributed by atoms with Crippen molar-refractivity contribution in [2.24, 2.45) is 22.7 Å². The highest BCUT2D eigenvalue weighted by Crippen LogP contribution is 2.46. The van der Waals surface area contributed by atoms with E-state index >= 15 is 0 Å². The molecule has 0 aromatic carbocycles. The Morgan fingerprint density at radius 1 is 1.10 bits per heavy atom. The molecule has 3 aliphatic rings. The number of amides is 1. The Labute approximate surface area is 129 Å². The lowest BCUT2D eigenvalue weighted by molar-refractivity contribution is -0.125. The molecular formula is C18H32N2O. The van der Waals surface area contributed by atoms with E-state index in [9.17, 15) is 4.79 Å². The van der Waals surface area contributed by atoms with Gasteiger partial charge in [0, 0.05) is 6.04 Å². The van der Waals surface area contributed by atoms with Gasteiger partial charge in [-0.2, -0.15) is 0 Å². The first-order valence-electron chi connectivity index (χ1n) is 8.80. The third-order valence-corrected chi connectivity index (χ3v) is 5.93. The summed E-state index contributed by atoms with van der Waals surface area (Å²) in [5, 5.41) is 6.86. The molecule has 1 saturated heterocycles. The van der Waals surface area contributed by atoms with Gasteiger partial charge in [0.05, 0.1) is 6.04 Å². The molecule has 0 radical (unpaired) electrons. The van der Waals surface area contributed by atoms with E-state index in [4.69, 9.17) is 0 Å². The van der Waals surface area contributed by atoms with Crippen LogP contribution in [0, 0.1) is 22.7 Å². The number of fused-ring (bicyclic) bond motifs is 1. The molecule has 2 N–H and O–H groups in total. The molecule has 2 saturated carbocycles. The van der Waals surface area contributed by atoms with Crippen LogP contribution in [0.2, 0.25) is 0 Å². The summed E-state index contributed by atoms with van der Waals surface area (Å²) in [5.74, 6) is 1.61. The number of carbonyl (C=O) groups is 1. The summed E-state index contributed by atoms with van der Waals surface area (Å²) in [6.45, 7) is 10.4. The summed E-state index contributed by atoms with van der Waals surface area (Å²) in [7, 11) is 0. The Morgan fingerprint density at radius 2 is 1.76 bits per heavy atom. The molecule has 21 heavy (non-hydrogen) atoms. The molecule has 1 aliphatic heterocycles. The highest BCUT2D eigenvalue weighted by Gasteiger charge is 2.44. The van der Waals surface area contributed by atoms with Gasteiger partial charge in [0.15, 0.2) is 0 Å². The average molecular weight is 292 g/mol. The molecule has 1 heterocycles. The van der Waals surface area contributed by atoms with Gasteiger partial charge in [0.2, 0.25) is 5.91 Å². The molecule has 2 aliphatic carbocycles. The quantitative estimate of drug-likeness (QED) is 0.821. The Balaban J connectivity index is 1.62. The summed E-state index contributed by atoms with van der Waals surface area (Å²) < 4.78 is 0. The molecule has 0 spiro atoms. The van der Waals surface area contributed by atoms with Crippen LogP contribution in [0.3, 0.4) is 0 Å². The van der Waals surface area contributed by atoms with Crippen LogP contribution in [-0.4, -0.2) is 24.5 Å². The van der Waals surface area contributed by atoms with Gasteiger partial charge in [-0.25, -0.2) is 0 Å². The van der Waals surface area contributed by atoms with Crippen molar-refractivity contribution in [3.8, 4) is 0 Å². The van der Waals surface area contributed by atoms with Gasteiger partial charge >= 0.3 is 0 Å². The van der Waals surface area contributed by atoms with E-state index in [0.717, 1.165) is 25.3 Å². The molecule has 1 amide bonds. The molecule has 3 unspecified atom stereocenters. The van der Waals surface area contributed by atoms with E-state index in [-0.39, 0.29) is 11.9 Å². The second kappa shape index (κ2) is 5.26. The first-order valence-corrected chi connectivity index (χ1v) is 8.80. The van der Waals surface area contributed by atoms with Gasteiger partial charge in [-0.3, -0.25) is 4.79 Å². The first-order chi connectivity index (χ1) is 9.76. The van der Waals surface area contributed by atoms with Gasteiger partial charge in [-0.15, -0.1) is 0 Å². The Bertz CT molecular complexity index is 399. The molecule has 3 heteroatoms. The second-order valence-corrected chi connectivity index (χ2v) is 9.36. The fourth-order valence-corrected chi connectivity index (χ4v) is 5.71. The lowest BCUT2D eigenvalue weighted by atomic mass is 9.63. The van der Waals surface area contributed by atoms with Crippen LogP contribution in [-0.2, 0) is 4.79 Å². The van der Waals surface area contributed by atoms with E-state index < -0.39 is 0 Å². The summed E-state index contributed by atoms with van der Waals surface area (Å²) >= 11 is 0. The molecule has 3 fully saturated rings. The molecule has 0 bridgehead atoms. The van der Waals surface area contributed by atoms with Crippen LogP contribution in [0.4, 0.5) is 0 Å². The number of nitrogens with one attached hydrogen (secondary N) is 2. The van der Waals surface area contributed by atoms with E-state index in [0.29, 0.717) is 22.8 Å². The number of hydrogen-bond donors (Lipinski definition) is 2. The van der Waals surface area contributed by atoms with Crippen molar-refractivity contribution >= 4 is 5.91 Å². The molecule has 3 nitrogen and oxygen atoms in total. The van der Waals surface area contributed by atoms with Crippen LogP contribution < -0.4 is 10.6 Å². The van der Waals surface area contributed by atoms with Crippen molar-refractivity contribution in [1.82, 2.24) is 10.6 Å². The van der Waals surface area contributed by atoms with Crippen molar-refractivity contribution < 1.29 is 4.79 Å². The Kier molecular flexibility index (Phi) is 3.84. The largest absolute Gasteiger partial charge is 0.352 e. The highest BCUT2D eigenvalue weighted by molar-refractivity contribution is 5.83. The maximum Gasteiger partial charge on any atom is 0.237 e. The minimum atomic E-state index is 0.0747. The molecule has 120 valence electrons. The highest BCUT2D eigenvalue weighted by atomic mass is 16.2. The summed E-state index contributed by atoms with van der Waals surface area (Å²) in [6.07, 6.45) is 7.33. The smallest absolute Gasteiger partial charge is 0.237 e. The zero-order valence-corrected chi connectivity index (χ0v) is 14.2.